The van der Waals surface area contributed by atoms with E-state index in [9.17, 15) is 9.59 Å². The van der Waals surface area contributed by atoms with E-state index in [1.165, 1.54) is 12.0 Å². The first-order valence-electron chi connectivity index (χ1n) is 11.0. The van der Waals surface area contributed by atoms with E-state index in [0.29, 0.717) is 24.4 Å². The molecule has 0 radical (unpaired) electrons. The molecule has 160 valence electrons. The topological polar surface area (TPSA) is 55.4 Å². The summed E-state index contributed by atoms with van der Waals surface area (Å²) >= 11 is 0. The summed E-state index contributed by atoms with van der Waals surface area (Å²) in [4.78, 5) is 25.6. The van der Waals surface area contributed by atoms with Crippen LogP contribution in [-0.4, -0.2) is 42.6 Å². The van der Waals surface area contributed by atoms with Crippen molar-refractivity contribution in [2.24, 2.45) is 0 Å². The van der Waals surface area contributed by atoms with Gasteiger partial charge in [0.15, 0.2) is 6.54 Å². The quantitative estimate of drug-likeness (QED) is 0.513. The van der Waals surface area contributed by atoms with E-state index >= 15 is 0 Å². The van der Waals surface area contributed by atoms with Gasteiger partial charge in [-0.25, -0.2) is 4.79 Å². The van der Waals surface area contributed by atoms with Crippen LogP contribution in [0.3, 0.4) is 0 Å². The minimum atomic E-state index is -0.394. The lowest BCUT2D eigenvalue weighted by atomic mass is 10.0. The van der Waals surface area contributed by atoms with E-state index in [1.807, 2.05) is 25.1 Å². The predicted molar refractivity (Wildman–Crippen MR) is 119 cm³/mol. The first kappa shape index (κ1) is 22.0. The summed E-state index contributed by atoms with van der Waals surface area (Å²) in [5.41, 5.74) is 3.23. The molecular weight excluding hydrogens is 376 g/mol. The fourth-order valence-corrected chi connectivity index (χ4v) is 4.43. The van der Waals surface area contributed by atoms with Crippen LogP contribution in [0.1, 0.15) is 54.6 Å². The third-order valence-electron chi connectivity index (χ3n) is 5.90. The normalized spacial score (nSPS) is 15.4. The molecule has 1 aliphatic rings. The van der Waals surface area contributed by atoms with Crippen molar-refractivity contribution >= 4 is 17.6 Å². The van der Waals surface area contributed by atoms with Crippen molar-refractivity contribution in [1.29, 1.82) is 0 Å². The number of hydrogen-bond donors (Lipinski definition) is 1. The number of carbonyl (C=O) groups excluding carboxylic acids is 2. The second-order valence-corrected chi connectivity index (χ2v) is 8.11. The Bertz CT molecular complexity index is 858. The van der Waals surface area contributed by atoms with Crippen LogP contribution in [0.2, 0.25) is 0 Å². The number of likely N-dealkylation sites (tertiary alicyclic amines) is 1. The van der Waals surface area contributed by atoms with Crippen molar-refractivity contribution in [2.45, 2.75) is 46.1 Å². The van der Waals surface area contributed by atoms with E-state index < -0.39 is 5.97 Å². The van der Waals surface area contributed by atoms with Crippen LogP contribution in [0.15, 0.2) is 48.5 Å². The molecule has 1 fully saturated rings. The van der Waals surface area contributed by atoms with Crippen molar-refractivity contribution in [3.8, 4) is 0 Å². The van der Waals surface area contributed by atoms with Crippen molar-refractivity contribution in [1.82, 2.24) is 0 Å². The highest BCUT2D eigenvalue weighted by Crippen LogP contribution is 2.26. The van der Waals surface area contributed by atoms with Crippen LogP contribution >= 0.6 is 0 Å². The van der Waals surface area contributed by atoms with Crippen LogP contribution < -0.4 is 5.32 Å². The number of quaternary nitrogens is 1. The number of nitrogens with one attached hydrogen (secondary N) is 1. The number of piperidine rings is 1. The van der Waals surface area contributed by atoms with Gasteiger partial charge in [-0.1, -0.05) is 49.4 Å². The fourth-order valence-electron chi connectivity index (χ4n) is 4.43. The van der Waals surface area contributed by atoms with Gasteiger partial charge >= 0.3 is 5.97 Å². The molecular formula is C25H33N2O3+. The summed E-state index contributed by atoms with van der Waals surface area (Å²) in [6.07, 6.45) is 4.23. The van der Waals surface area contributed by atoms with Gasteiger partial charge in [-0.05, 0) is 44.2 Å². The van der Waals surface area contributed by atoms with Gasteiger partial charge in [0.05, 0.1) is 30.9 Å². The number of esters is 1. The molecule has 0 saturated carbocycles. The summed E-state index contributed by atoms with van der Waals surface area (Å²) in [7, 11) is 0. The number of hydrogen-bond acceptors (Lipinski definition) is 3. The Balaban J connectivity index is 1.81. The molecule has 0 spiro atoms. The number of amides is 1. The molecule has 0 bridgehead atoms. The SMILES string of the molecule is CCOC(=O)c1cccc(CC)c1NC(=O)C[N+]1(Cc2ccccc2)CCCCC1. The highest BCUT2D eigenvalue weighted by Gasteiger charge is 2.33. The number of nitrogens with zero attached hydrogens (tertiary/aromatic N) is 1. The Morgan fingerprint density at radius 2 is 1.70 bits per heavy atom. The molecule has 1 amide bonds. The summed E-state index contributed by atoms with van der Waals surface area (Å²) < 4.78 is 5.97. The fraction of sp³-hybridized carbons (Fsp3) is 0.440. The van der Waals surface area contributed by atoms with Gasteiger partial charge in [0.1, 0.15) is 6.54 Å². The number of para-hydroxylation sites is 1. The molecule has 5 nitrogen and oxygen atoms in total. The molecule has 3 rings (SSSR count). The number of aryl methyl sites for hydroxylation is 1. The van der Waals surface area contributed by atoms with Crippen molar-refractivity contribution < 1.29 is 18.8 Å². The summed E-state index contributed by atoms with van der Waals surface area (Å²) in [5, 5.41) is 3.07. The Hall–Kier alpha value is -2.66. The molecule has 0 atom stereocenters. The lowest BCUT2D eigenvalue weighted by molar-refractivity contribution is -0.937. The molecule has 5 heteroatoms. The molecule has 0 aliphatic carbocycles. The summed E-state index contributed by atoms with van der Waals surface area (Å²) in [6, 6.07) is 15.9. The number of ether oxygens (including phenoxy) is 1. The molecule has 1 N–H and O–H groups in total. The summed E-state index contributed by atoms with van der Waals surface area (Å²) in [6.45, 7) is 7.38. The van der Waals surface area contributed by atoms with Crippen molar-refractivity contribution in [3.63, 3.8) is 0 Å². The van der Waals surface area contributed by atoms with Gasteiger partial charge in [-0.2, -0.15) is 0 Å². The van der Waals surface area contributed by atoms with Crippen molar-refractivity contribution in [3.05, 3.63) is 65.2 Å². The zero-order valence-corrected chi connectivity index (χ0v) is 18.2. The molecule has 1 aliphatic heterocycles. The van der Waals surface area contributed by atoms with Gasteiger partial charge in [-0.3, -0.25) is 4.79 Å². The van der Waals surface area contributed by atoms with Crippen LogP contribution in [0, 0.1) is 0 Å². The molecule has 1 heterocycles. The standard InChI is InChI=1S/C25H32N2O3/c1-3-21-14-11-15-22(25(29)30-4-2)24(21)26-23(28)19-27(16-9-6-10-17-27)18-20-12-7-5-8-13-20/h5,7-8,11-15H,3-4,6,9-10,16-19H2,1-2H3/p+1. The molecule has 2 aromatic rings. The molecule has 30 heavy (non-hydrogen) atoms. The second-order valence-electron chi connectivity index (χ2n) is 8.11. The van der Waals surface area contributed by atoms with Crippen LogP contribution in [0.4, 0.5) is 5.69 Å². The summed E-state index contributed by atoms with van der Waals surface area (Å²) in [5.74, 6) is -0.437. The average molecular weight is 410 g/mol. The van der Waals surface area contributed by atoms with Gasteiger partial charge in [-0.15, -0.1) is 0 Å². The number of benzene rings is 2. The lowest BCUT2D eigenvalue weighted by Gasteiger charge is -2.41. The zero-order chi connectivity index (χ0) is 21.4. The number of rotatable bonds is 8. The van der Waals surface area contributed by atoms with Gasteiger partial charge in [0.25, 0.3) is 5.91 Å². The van der Waals surface area contributed by atoms with E-state index in [-0.39, 0.29) is 5.91 Å². The third kappa shape index (κ3) is 5.48. The van der Waals surface area contributed by atoms with Gasteiger partial charge in [0.2, 0.25) is 0 Å². The first-order valence-corrected chi connectivity index (χ1v) is 11.0. The second kappa shape index (κ2) is 10.4. The molecule has 2 aromatic carbocycles. The molecule has 1 saturated heterocycles. The molecule has 0 aromatic heterocycles. The van der Waals surface area contributed by atoms with Gasteiger partial charge in [0, 0.05) is 5.56 Å². The Kier molecular flexibility index (Phi) is 7.63. The van der Waals surface area contributed by atoms with E-state index in [1.54, 1.807) is 13.0 Å². The Morgan fingerprint density at radius 1 is 0.967 bits per heavy atom. The van der Waals surface area contributed by atoms with Crippen LogP contribution in [0.5, 0.6) is 0 Å². The first-order chi connectivity index (χ1) is 14.6. The largest absolute Gasteiger partial charge is 0.462 e. The van der Waals surface area contributed by atoms with Gasteiger partial charge < -0.3 is 14.5 Å². The van der Waals surface area contributed by atoms with Crippen molar-refractivity contribution in [2.75, 3.05) is 31.6 Å². The highest BCUT2D eigenvalue weighted by atomic mass is 16.5. The Morgan fingerprint density at radius 3 is 2.37 bits per heavy atom. The monoisotopic (exact) mass is 409 g/mol. The average Bonchev–Trinajstić information content (AvgIpc) is 2.75. The minimum Gasteiger partial charge on any atom is -0.462 e. The highest BCUT2D eigenvalue weighted by molar-refractivity contribution is 6.02. The Labute approximate surface area is 179 Å². The van der Waals surface area contributed by atoms with Crippen LogP contribution in [0.25, 0.3) is 0 Å². The predicted octanol–water partition coefficient (Wildman–Crippen LogP) is 4.57. The maximum absolute atomic E-state index is 13.2. The maximum Gasteiger partial charge on any atom is 0.340 e. The van der Waals surface area contributed by atoms with E-state index in [0.717, 1.165) is 48.9 Å². The smallest absolute Gasteiger partial charge is 0.340 e. The number of anilines is 1. The third-order valence-corrected chi connectivity index (χ3v) is 5.90. The molecule has 0 unspecified atom stereocenters. The lowest BCUT2D eigenvalue weighted by Crippen LogP contribution is -2.54. The maximum atomic E-state index is 13.2. The zero-order valence-electron chi connectivity index (χ0n) is 18.2. The van der Waals surface area contributed by atoms with Crippen LogP contribution in [-0.2, 0) is 22.5 Å². The minimum absolute atomic E-state index is 0.0423. The van der Waals surface area contributed by atoms with E-state index in [4.69, 9.17) is 4.74 Å². The van der Waals surface area contributed by atoms with E-state index in [2.05, 4.69) is 29.6 Å². The number of carbonyl (C=O) groups is 2.